The Morgan fingerprint density at radius 3 is 2.93 bits per heavy atom. The molecule has 146 valence electrons. The van der Waals surface area contributed by atoms with Crippen LogP contribution in [-0.2, 0) is 9.47 Å². The predicted molar refractivity (Wildman–Crippen MR) is 100 cm³/mol. The van der Waals surface area contributed by atoms with E-state index in [0.717, 1.165) is 25.0 Å². The molecule has 2 fully saturated rings. The number of anilines is 2. The first kappa shape index (κ1) is 18.3. The highest BCUT2D eigenvalue weighted by Crippen LogP contribution is 2.36. The van der Waals surface area contributed by atoms with Crippen molar-refractivity contribution in [3.63, 3.8) is 0 Å². The number of carbonyl (C=O) groups is 1. The van der Waals surface area contributed by atoms with Crippen LogP contribution in [0.3, 0.4) is 0 Å². The fourth-order valence-corrected chi connectivity index (χ4v) is 3.51. The molecule has 2 aromatic heterocycles. The fraction of sp³-hybridized carbons (Fsp3) is 0.474. The number of amides is 1. The molecular weight excluding hydrogens is 360 g/mol. The van der Waals surface area contributed by atoms with Gasteiger partial charge in [0, 0.05) is 23.9 Å². The van der Waals surface area contributed by atoms with Crippen molar-refractivity contribution in [1.82, 2.24) is 20.5 Å². The Morgan fingerprint density at radius 1 is 1.39 bits per heavy atom. The number of aromatic amines is 1. The number of carbonyl (C=O) groups excluding carboxylic acids is 1. The number of nitrogens with one attached hydrogen (secondary N) is 3. The molecule has 0 radical (unpaired) electrons. The van der Waals surface area contributed by atoms with Gasteiger partial charge >= 0.3 is 6.09 Å². The normalized spacial score (nSPS) is 22.7. The smallest absolute Gasteiger partial charge is 0.407 e. The van der Waals surface area contributed by atoms with Crippen LogP contribution in [0.1, 0.15) is 43.4 Å². The lowest BCUT2D eigenvalue weighted by Gasteiger charge is -2.38. The molecule has 28 heavy (non-hydrogen) atoms. The number of aromatic nitrogens is 3. The summed E-state index contributed by atoms with van der Waals surface area (Å²) >= 11 is 0. The first-order valence-corrected chi connectivity index (χ1v) is 9.28. The molecule has 1 aliphatic carbocycles. The third-order valence-electron chi connectivity index (χ3n) is 5.09. The van der Waals surface area contributed by atoms with Gasteiger partial charge in [-0.3, -0.25) is 5.10 Å². The third-order valence-corrected chi connectivity index (χ3v) is 5.09. The average molecular weight is 382 g/mol. The second-order valence-electron chi connectivity index (χ2n) is 7.59. The fourth-order valence-electron chi connectivity index (χ4n) is 3.51. The minimum Gasteiger partial charge on any atom is -0.446 e. The second-order valence-corrected chi connectivity index (χ2v) is 7.59. The molecular formula is C19H22N6O3. The Kier molecular flexibility index (Phi) is 4.88. The van der Waals surface area contributed by atoms with E-state index in [4.69, 9.17) is 14.7 Å². The third kappa shape index (κ3) is 4.07. The molecule has 2 aromatic rings. The Bertz CT molecular complexity index is 884. The maximum atomic E-state index is 12.1. The van der Waals surface area contributed by atoms with Gasteiger partial charge in [0.1, 0.15) is 18.0 Å². The largest absolute Gasteiger partial charge is 0.446 e. The standard InChI is InChI=1S/C19H22N6O3/c1-19(10-27-11-19)23-18(26)28-14-4-3-13(6-14)15-7-17(25-24-15)22-16-5-2-12(8-20)9-21-16/h2,5,7,9,13-14H,3-4,6,10-11H2,1H3,(H,23,26)(H2,21,22,24,25)/t13-,14+/m0/s1. The van der Waals surface area contributed by atoms with Crippen molar-refractivity contribution in [2.75, 3.05) is 18.5 Å². The Labute approximate surface area is 162 Å². The van der Waals surface area contributed by atoms with E-state index in [9.17, 15) is 4.79 Å². The molecule has 9 nitrogen and oxygen atoms in total. The van der Waals surface area contributed by atoms with Gasteiger partial charge in [-0.05, 0) is 38.3 Å². The van der Waals surface area contributed by atoms with Crippen LogP contribution in [-0.4, -0.2) is 46.1 Å². The summed E-state index contributed by atoms with van der Waals surface area (Å²) in [6.07, 6.45) is 3.54. The predicted octanol–water partition coefficient (Wildman–Crippen LogP) is 2.57. The number of alkyl carbamates (subject to hydrolysis) is 1. The highest BCUT2D eigenvalue weighted by atomic mass is 16.6. The van der Waals surface area contributed by atoms with Crippen molar-refractivity contribution in [2.45, 2.75) is 43.7 Å². The molecule has 9 heteroatoms. The van der Waals surface area contributed by atoms with Crippen molar-refractivity contribution in [3.05, 3.63) is 35.7 Å². The first-order chi connectivity index (χ1) is 13.5. The van der Waals surface area contributed by atoms with Gasteiger partial charge in [-0.15, -0.1) is 0 Å². The van der Waals surface area contributed by atoms with Crippen LogP contribution in [0.25, 0.3) is 0 Å². The summed E-state index contributed by atoms with van der Waals surface area (Å²) in [5, 5.41) is 22.1. The number of H-pyrrole nitrogens is 1. The molecule has 0 aromatic carbocycles. The van der Waals surface area contributed by atoms with Crippen LogP contribution in [0.15, 0.2) is 24.4 Å². The van der Waals surface area contributed by atoms with E-state index >= 15 is 0 Å². The number of hydrogen-bond donors (Lipinski definition) is 3. The summed E-state index contributed by atoms with van der Waals surface area (Å²) in [4.78, 5) is 16.2. The molecule has 1 saturated heterocycles. The molecule has 1 saturated carbocycles. The SMILES string of the molecule is CC1(NC(=O)O[C@@H]2CC[C@H](c3cc(Nc4ccc(C#N)cn4)n[nH]3)C2)COC1. The molecule has 2 atom stereocenters. The van der Waals surface area contributed by atoms with Crippen molar-refractivity contribution < 1.29 is 14.3 Å². The van der Waals surface area contributed by atoms with Crippen molar-refractivity contribution in [1.29, 1.82) is 5.26 Å². The molecule has 3 N–H and O–H groups in total. The lowest BCUT2D eigenvalue weighted by Crippen LogP contribution is -2.60. The molecule has 1 amide bonds. The van der Waals surface area contributed by atoms with E-state index < -0.39 is 0 Å². The number of nitriles is 1. The number of rotatable bonds is 5. The highest BCUT2D eigenvalue weighted by Gasteiger charge is 2.37. The van der Waals surface area contributed by atoms with Gasteiger partial charge < -0.3 is 20.1 Å². The minimum atomic E-state index is -0.379. The topological polar surface area (TPSA) is 125 Å². The number of nitrogens with zero attached hydrogens (tertiary/aromatic N) is 3. The van der Waals surface area contributed by atoms with Crippen LogP contribution < -0.4 is 10.6 Å². The quantitative estimate of drug-likeness (QED) is 0.726. The van der Waals surface area contributed by atoms with Crippen LogP contribution in [0.2, 0.25) is 0 Å². The van der Waals surface area contributed by atoms with Crippen molar-refractivity contribution in [3.8, 4) is 6.07 Å². The van der Waals surface area contributed by atoms with E-state index in [-0.39, 0.29) is 23.7 Å². The zero-order chi connectivity index (χ0) is 19.6. The molecule has 4 rings (SSSR count). The van der Waals surface area contributed by atoms with Crippen molar-refractivity contribution in [2.24, 2.45) is 0 Å². The van der Waals surface area contributed by atoms with Gasteiger partial charge in [0.25, 0.3) is 0 Å². The van der Waals surface area contributed by atoms with E-state index in [1.54, 1.807) is 12.1 Å². The number of pyridine rings is 1. The van der Waals surface area contributed by atoms with E-state index in [1.165, 1.54) is 6.20 Å². The lowest BCUT2D eigenvalue weighted by atomic mass is 10.0. The highest BCUT2D eigenvalue weighted by molar-refractivity contribution is 5.68. The molecule has 1 aliphatic heterocycles. The maximum absolute atomic E-state index is 12.1. The van der Waals surface area contributed by atoms with Gasteiger partial charge in [-0.25, -0.2) is 9.78 Å². The minimum absolute atomic E-state index is 0.102. The van der Waals surface area contributed by atoms with Crippen molar-refractivity contribution >= 4 is 17.7 Å². The van der Waals surface area contributed by atoms with Crippen LogP contribution in [0, 0.1) is 11.3 Å². The Balaban J connectivity index is 1.29. The van der Waals surface area contributed by atoms with E-state index in [0.29, 0.717) is 30.4 Å². The summed E-state index contributed by atoms with van der Waals surface area (Å²) in [7, 11) is 0. The van der Waals surface area contributed by atoms with Gasteiger partial charge in [-0.1, -0.05) is 0 Å². The maximum Gasteiger partial charge on any atom is 0.407 e. The Morgan fingerprint density at radius 2 is 2.25 bits per heavy atom. The van der Waals surface area contributed by atoms with E-state index in [1.807, 2.05) is 19.1 Å². The molecule has 2 aliphatic rings. The number of hydrogen-bond acceptors (Lipinski definition) is 7. The molecule has 3 heterocycles. The van der Waals surface area contributed by atoms with Gasteiger partial charge in [0.05, 0.1) is 24.3 Å². The van der Waals surface area contributed by atoms with E-state index in [2.05, 4.69) is 25.8 Å². The summed E-state index contributed by atoms with van der Waals surface area (Å²) in [6.45, 7) is 2.98. The monoisotopic (exact) mass is 382 g/mol. The summed E-state index contributed by atoms with van der Waals surface area (Å²) < 4.78 is 10.7. The van der Waals surface area contributed by atoms with Gasteiger partial charge in [0.2, 0.25) is 0 Å². The summed E-state index contributed by atoms with van der Waals surface area (Å²) in [5.41, 5.74) is 1.20. The average Bonchev–Trinajstić information content (AvgIpc) is 3.30. The summed E-state index contributed by atoms with van der Waals surface area (Å²) in [5.74, 6) is 1.54. The van der Waals surface area contributed by atoms with Crippen LogP contribution >= 0.6 is 0 Å². The molecule has 0 unspecified atom stereocenters. The zero-order valence-corrected chi connectivity index (χ0v) is 15.6. The second kappa shape index (κ2) is 7.48. The molecule has 0 bridgehead atoms. The Hall–Kier alpha value is -3.12. The van der Waals surface area contributed by atoms with Gasteiger partial charge in [-0.2, -0.15) is 10.4 Å². The van der Waals surface area contributed by atoms with Crippen LogP contribution in [0.5, 0.6) is 0 Å². The lowest BCUT2D eigenvalue weighted by molar-refractivity contribution is -0.0635. The summed E-state index contributed by atoms with van der Waals surface area (Å²) in [6, 6.07) is 7.41. The number of ether oxygens (including phenoxy) is 2. The van der Waals surface area contributed by atoms with Crippen LogP contribution in [0.4, 0.5) is 16.4 Å². The zero-order valence-electron chi connectivity index (χ0n) is 15.6. The van der Waals surface area contributed by atoms with Gasteiger partial charge in [0.15, 0.2) is 5.82 Å². The molecule has 0 spiro atoms. The first-order valence-electron chi connectivity index (χ1n) is 9.28.